The highest BCUT2D eigenvalue weighted by molar-refractivity contribution is 7.80. The van der Waals surface area contributed by atoms with E-state index in [2.05, 4.69) is 19.5 Å². The molecular weight excluding hydrogens is 750 g/mol. The Morgan fingerprint density at radius 2 is 1.72 bits per heavy atom. The summed E-state index contributed by atoms with van der Waals surface area (Å²) in [5, 5.41) is 100. The largest absolute Gasteiger partial charge is 0.477 e. The first-order chi connectivity index (χ1) is 24.8. The second-order valence-electron chi connectivity index (χ2n) is 12.3. The molecule has 27 heteroatoms. The first-order valence-corrected chi connectivity index (χ1v) is 17.3. The Morgan fingerprint density at radius 3 is 2.28 bits per heavy atom. The molecule has 0 aromatic heterocycles. The van der Waals surface area contributed by atoms with Crippen LogP contribution in [0.1, 0.15) is 19.8 Å². The lowest BCUT2D eigenvalue weighted by Crippen LogP contribution is -2.70. The third-order valence-corrected chi connectivity index (χ3v) is 8.92. The summed E-state index contributed by atoms with van der Waals surface area (Å²) in [6, 6.07) is -3.09. The minimum Gasteiger partial charge on any atom is -0.477 e. The molecule has 3 aliphatic heterocycles. The van der Waals surface area contributed by atoms with Crippen LogP contribution in [0, 0.1) is 0 Å². The highest BCUT2D eigenvalue weighted by atomic mass is 32.3. The van der Waals surface area contributed by atoms with Gasteiger partial charge in [-0.2, -0.15) is 8.42 Å². The first-order valence-electron chi connectivity index (χ1n) is 15.9. The Morgan fingerprint density at radius 1 is 1.08 bits per heavy atom. The lowest BCUT2D eigenvalue weighted by atomic mass is 9.88. The summed E-state index contributed by atoms with van der Waals surface area (Å²) < 4.78 is 69.7. The second-order valence-corrected chi connectivity index (χ2v) is 13.4. The molecule has 7 unspecified atom stereocenters. The summed E-state index contributed by atoms with van der Waals surface area (Å²) in [7, 11) is -5.11. The monoisotopic (exact) mass is 795 g/mol. The number of rotatable bonds is 18. The SMILES string of the molecule is CC(=O)NC1C(O[C@@H]2OC(CO)[C@H](O)C(O[C@]3(C(=O)O)C[C@@H](O)[C@@H](N)C([C@H](O)[C@H](O)CO)O3)C2O)[C@H](O)C(COS(=O)(=O)O)O[C@H]1OCCCN=[N+]=[N-]. The van der Waals surface area contributed by atoms with E-state index in [1.807, 2.05) is 0 Å². The van der Waals surface area contributed by atoms with Crippen molar-refractivity contribution >= 4 is 22.3 Å². The fraction of sp³-hybridized carbons (Fsp3) is 0.923. The molecule has 26 nitrogen and oxygen atoms in total. The van der Waals surface area contributed by atoms with Crippen LogP contribution in [0.5, 0.6) is 0 Å². The third-order valence-electron chi connectivity index (χ3n) is 8.48. The third kappa shape index (κ3) is 11.3. The zero-order chi connectivity index (χ0) is 39.8. The molecule has 0 radical (unpaired) electrons. The molecule has 3 rings (SSSR count). The van der Waals surface area contributed by atoms with Crippen molar-refractivity contribution in [3.8, 4) is 0 Å². The van der Waals surface area contributed by atoms with Gasteiger partial charge in [-0.1, -0.05) is 5.11 Å². The van der Waals surface area contributed by atoms with Gasteiger partial charge in [-0.3, -0.25) is 9.35 Å². The lowest BCUT2D eigenvalue weighted by molar-refractivity contribution is -0.380. The average Bonchev–Trinajstić information content (AvgIpc) is 3.09. The standard InChI is InChI=1S/C26H45N5O21S/c1-9(34)30-15-21(18(39)13(8-47-53(43,44)45)49-23(15)46-4-2-3-29-31-28)50-24-19(40)22(17(38)12(7-33)48-24)52-26(25(41)42)5-10(35)14(27)20(51-26)16(37)11(36)6-32/h10-24,32-33,35-40H,2-8,27H2,1H3,(H,30,34)(H,41,42)(H,43,44,45)/t10-,11-,12?,13?,14-,15?,16-,17+,18-,19?,20?,21?,22?,23-,24+,26+/m1/s1. The summed E-state index contributed by atoms with van der Waals surface area (Å²) in [6.07, 6.45) is -26.3. The quantitative estimate of drug-likeness (QED) is 0.0202. The van der Waals surface area contributed by atoms with Gasteiger partial charge in [0.05, 0.1) is 32.0 Å². The van der Waals surface area contributed by atoms with E-state index in [0.717, 1.165) is 6.92 Å². The van der Waals surface area contributed by atoms with E-state index >= 15 is 0 Å². The van der Waals surface area contributed by atoms with Gasteiger partial charge in [-0.25, -0.2) is 8.98 Å². The number of carboxylic acid groups (broad SMARTS) is 1. The Labute approximate surface area is 300 Å². The fourth-order valence-corrected chi connectivity index (χ4v) is 6.13. The normalized spacial score (nSPS) is 39.0. The number of nitrogens with one attached hydrogen (secondary N) is 1. The van der Waals surface area contributed by atoms with E-state index in [4.69, 9.17) is 44.2 Å². The molecule has 3 aliphatic rings. The lowest BCUT2D eigenvalue weighted by Gasteiger charge is -2.50. The maximum atomic E-state index is 12.6. The smallest absolute Gasteiger partial charge is 0.397 e. The van der Waals surface area contributed by atoms with Gasteiger partial charge in [0, 0.05) is 31.4 Å². The van der Waals surface area contributed by atoms with Crippen LogP contribution in [-0.2, 0) is 52.6 Å². The van der Waals surface area contributed by atoms with Crippen LogP contribution in [-0.4, -0.2) is 201 Å². The number of carbonyl (C=O) groups is 2. The summed E-state index contributed by atoms with van der Waals surface area (Å²) in [6.45, 7) is -2.37. The molecule has 3 heterocycles. The van der Waals surface area contributed by atoms with Crippen molar-refractivity contribution in [2.75, 3.05) is 33.0 Å². The zero-order valence-corrected chi connectivity index (χ0v) is 28.7. The van der Waals surface area contributed by atoms with Gasteiger partial charge in [0.2, 0.25) is 5.91 Å². The topological polar surface area (TPSA) is 422 Å². The molecule has 3 fully saturated rings. The van der Waals surface area contributed by atoms with Gasteiger partial charge in [0.25, 0.3) is 5.79 Å². The van der Waals surface area contributed by atoms with Crippen LogP contribution in [0.15, 0.2) is 5.11 Å². The number of aliphatic carboxylic acids is 1. The molecule has 1 amide bonds. The van der Waals surface area contributed by atoms with Gasteiger partial charge in [0.15, 0.2) is 12.6 Å². The number of nitrogens with two attached hydrogens (primary N) is 1. The fourth-order valence-electron chi connectivity index (χ4n) is 5.82. The van der Waals surface area contributed by atoms with Crippen LogP contribution >= 0.6 is 0 Å². The Bertz CT molecular complexity index is 1380. The maximum absolute atomic E-state index is 12.6. The van der Waals surface area contributed by atoms with E-state index in [-0.39, 0.29) is 19.6 Å². The molecule has 0 aliphatic carbocycles. The number of hydrogen-bond donors (Lipinski definition) is 12. The van der Waals surface area contributed by atoms with Crippen molar-refractivity contribution in [3.05, 3.63) is 10.4 Å². The predicted molar refractivity (Wildman–Crippen MR) is 165 cm³/mol. The van der Waals surface area contributed by atoms with Crippen LogP contribution in [0.4, 0.5) is 0 Å². The number of hydrogen-bond acceptors (Lipinski definition) is 21. The number of amides is 1. The number of aliphatic hydroxyl groups excluding tert-OH is 8. The molecular formula is C26H45N5O21S. The van der Waals surface area contributed by atoms with E-state index < -0.39 is 146 Å². The van der Waals surface area contributed by atoms with Crippen LogP contribution in [0.3, 0.4) is 0 Å². The highest BCUT2D eigenvalue weighted by Crippen LogP contribution is 2.38. The molecule has 3 saturated heterocycles. The van der Waals surface area contributed by atoms with Crippen molar-refractivity contribution in [1.82, 2.24) is 5.32 Å². The number of ether oxygens (including phenoxy) is 6. The molecule has 53 heavy (non-hydrogen) atoms. The van der Waals surface area contributed by atoms with Crippen LogP contribution in [0.25, 0.3) is 10.4 Å². The van der Waals surface area contributed by atoms with E-state index in [1.165, 1.54) is 0 Å². The molecule has 0 bridgehead atoms. The second kappa shape index (κ2) is 19.4. The Hall–Kier alpha value is -2.48. The van der Waals surface area contributed by atoms with Gasteiger partial charge in [-0.15, -0.1) is 0 Å². The number of carbonyl (C=O) groups excluding carboxylic acids is 1. The molecule has 13 N–H and O–H groups in total. The minimum absolute atomic E-state index is 0.0491. The molecule has 16 atom stereocenters. The highest BCUT2D eigenvalue weighted by Gasteiger charge is 2.59. The van der Waals surface area contributed by atoms with Crippen molar-refractivity contribution in [2.45, 2.75) is 117 Å². The van der Waals surface area contributed by atoms with Crippen molar-refractivity contribution in [3.63, 3.8) is 0 Å². The predicted octanol–water partition coefficient (Wildman–Crippen LogP) is -6.71. The summed E-state index contributed by atoms with van der Waals surface area (Å²) in [4.78, 5) is 27.5. The van der Waals surface area contributed by atoms with Crippen molar-refractivity contribution in [2.24, 2.45) is 10.8 Å². The molecule has 0 saturated carbocycles. The van der Waals surface area contributed by atoms with Crippen LogP contribution in [0.2, 0.25) is 0 Å². The number of carboxylic acids is 1. The van der Waals surface area contributed by atoms with Crippen LogP contribution < -0.4 is 11.1 Å². The molecule has 0 aromatic rings. The summed E-state index contributed by atoms with van der Waals surface area (Å²) in [5.41, 5.74) is 14.4. The zero-order valence-electron chi connectivity index (χ0n) is 27.9. The number of nitrogens with zero attached hydrogens (tertiary/aromatic N) is 3. The van der Waals surface area contributed by atoms with Gasteiger partial charge in [-0.05, 0) is 12.0 Å². The number of azide groups is 1. The molecule has 0 spiro atoms. The summed E-state index contributed by atoms with van der Waals surface area (Å²) >= 11 is 0. The van der Waals surface area contributed by atoms with Gasteiger partial charge >= 0.3 is 16.4 Å². The van der Waals surface area contributed by atoms with E-state index in [1.54, 1.807) is 0 Å². The molecule has 306 valence electrons. The Kier molecular flexibility index (Phi) is 16.4. The van der Waals surface area contributed by atoms with Gasteiger partial charge < -0.3 is 85.4 Å². The van der Waals surface area contributed by atoms with Gasteiger partial charge in [0.1, 0.15) is 67.1 Å². The number of aliphatic hydroxyl groups is 8. The maximum Gasteiger partial charge on any atom is 0.397 e. The molecule has 0 aromatic carbocycles. The van der Waals surface area contributed by atoms with E-state index in [9.17, 15) is 64.0 Å². The minimum atomic E-state index is -5.11. The average molecular weight is 796 g/mol. The Balaban J connectivity index is 1.99. The summed E-state index contributed by atoms with van der Waals surface area (Å²) in [5.74, 6) is -5.80. The van der Waals surface area contributed by atoms with Crippen molar-refractivity contribution < 1.29 is 101 Å². The van der Waals surface area contributed by atoms with Crippen molar-refractivity contribution in [1.29, 1.82) is 0 Å². The first kappa shape index (κ1) is 44.9. The van der Waals surface area contributed by atoms with E-state index in [0.29, 0.717) is 0 Å².